The van der Waals surface area contributed by atoms with E-state index >= 15 is 0 Å². The number of aromatic nitrogens is 3. The van der Waals surface area contributed by atoms with E-state index in [1.807, 2.05) is 15.8 Å². The van der Waals surface area contributed by atoms with Gasteiger partial charge in [0.2, 0.25) is 11.8 Å². The fourth-order valence-corrected chi connectivity index (χ4v) is 4.88. The number of hydrogen-bond donors (Lipinski definition) is 2. The molecule has 2 aromatic heterocycles. The van der Waals surface area contributed by atoms with E-state index in [4.69, 9.17) is 9.72 Å². The van der Waals surface area contributed by atoms with Gasteiger partial charge in [0.15, 0.2) is 5.65 Å². The summed E-state index contributed by atoms with van der Waals surface area (Å²) in [7, 11) is 0. The fourth-order valence-electron chi connectivity index (χ4n) is 4.88. The van der Waals surface area contributed by atoms with Crippen molar-refractivity contribution >= 4 is 28.5 Å². The number of nitrogens with one attached hydrogen (secondary N) is 2. The molecule has 2 fully saturated rings. The summed E-state index contributed by atoms with van der Waals surface area (Å²) in [5.74, 6) is 0.0796. The van der Waals surface area contributed by atoms with Crippen LogP contribution in [-0.4, -0.2) is 63.8 Å². The molecule has 0 atom stereocenters. The lowest BCUT2D eigenvalue weighted by Crippen LogP contribution is -2.42. The van der Waals surface area contributed by atoms with E-state index in [0.717, 1.165) is 67.0 Å². The van der Waals surface area contributed by atoms with Crippen LogP contribution < -0.4 is 10.6 Å². The molecule has 33 heavy (non-hydrogen) atoms. The molecule has 0 aliphatic carbocycles. The molecule has 0 saturated carbocycles. The molecule has 0 radical (unpaired) electrons. The number of likely N-dealkylation sites (tertiary alicyclic amines) is 1. The predicted molar refractivity (Wildman–Crippen MR) is 127 cm³/mol. The molecule has 4 rings (SSSR count). The van der Waals surface area contributed by atoms with E-state index in [1.165, 1.54) is 0 Å². The van der Waals surface area contributed by atoms with Crippen molar-refractivity contribution in [2.24, 2.45) is 5.92 Å². The first-order chi connectivity index (χ1) is 16.0. The summed E-state index contributed by atoms with van der Waals surface area (Å²) in [4.78, 5) is 31.3. The standard InChI is InChI=1S/C24H36N6O3/c1-4-21-19(14-25-24(32)17-6-10-29(11-7-17)16(3)31)22(27-18-8-12-33-13-9-18)20-15-26-30(5-2)23(20)28-21/h15,17-18H,4-14H2,1-3H3,(H,25,32)(H,27,28). The van der Waals surface area contributed by atoms with Crippen LogP contribution in [0.2, 0.25) is 0 Å². The Balaban J connectivity index is 1.56. The Labute approximate surface area is 195 Å². The third kappa shape index (κ3) is 5.13. The highest BCUT2D eigenvalue weighted by molar-refractivity contribution is 5.92. The lowest BCUT2D eigenvalue weighted by molar-refractivity contribution is -0.134. The van der Waals surface area contributed by atoms with Crippen LogP contribution >= 0.6 is 0 Å². The highest BCUT2D eigenvalue weighted by atomic mass is 16.5. The topological polar surface area (TPSA) is 101 Å². The first-order valence-corrected chi connectivity index (χ1v) is 12.3. The maximum atomic E-state index is 13.0. The van der Waals surface area contributed by atoms with Gasteiger partial charge in [-0.1, -0.05) is 6.92 Å². The number of amides is 2. The SMILES string of the molecule is CCc1nc2c(cnn2CC)c(NC2CCOCC2)c1CNC(=O)C1CCN(C(C)=O)CC1. The zero-order chi connectivity index (χ0) is 23.4. The van der Waals surface area contributed by atoms with Crippen molar-refractivity contribution in [1.29, 1.82) is 0 Å². The number of pyridine rings is 1. The lowest BCUT2D eigenvalue weighted by Gasteiger charge is -2.30. The third-order valence-corrected chi connectivity index (χ3v) is 6.93. The van der Waals surface area contributed by atoms with Gasteiger partial charge in [0.25, 0.3) is 0 Å². The molecule has 4 heterocycles. The van der Waals surface area contributed by atoms with Crippen LogP contribution in [0.4, 0.5) is 5.69 Å². The van der Waals surface area contributed by atoms with Crippen molar-refractivity contribution in [3.8, 4) is 0 Å². The van der Waals surface area contributed by atoms with Crippen molar-refractivity contribution in [3.05, 3.63) is 17.5 Å². The summed E-state index contributed by atoms with van der Waals surface area (Å²) < 4.78 is 7.47. The van der Waals surface area contributed by atoms with Gasteiger partial charge in [-0.3, -0.25) is 9.59 Å². The van der Waals surface area contributed by atoms with Gasteiger partial charge in [-0.2, -0.15) is 5.10 Å². The third-order valence-electron chi connectivity index (χ3n) is 6.93. The number of anilines is 1. The van der Waals surface area contributed by atoms with Gasteiger partial charge < -0.3 is 20.3 Å². The molecule has 0 bridgehead atoms. The molecule has 2 aliphatic rings. The van der Waals surface area contributed by atoms with E-state index in [2.05, 4.69) is 29.6 Å². The summed E-state index contributed by atoms with van der Waals surface area (Å²) in [5.41, 5.74) is 3.95. The van der Waals surface area contributed by atoms with Crippen LogP contribution in [0.3, 0.4) is 0 Å². The maximum Gasteiger partial charge on any atom is 0.223 e. The Bertz CT molecular complexity index is 990. The van der Waals surface area contributed by atoms with Crippen LogP contribution in [0.15, 0.2) is 6.20 Å². The number of piperidine rings is 1. The highest BCUT2D eigenvalue weighted by Crippen LogP contribution is 2.31. The Morgan fingerprint density at radius 3 is 2.52 bits per heavy atom. The molecule has 2 amide bonds. The number of hydrogen-bond acceptors (Lipinski definition) is 6. The maximum absolute atomic E-state index is 13.0. The number of nitrogens with zero attached hydrogens (tertiary/aromatic N) is 4. The quantitative estimate of drug-likeness (QED) is 0.664. The summed E-state index contributed by atoms with van der Waals surface area (Å²) in [6.07, 6.45) is 5.98. The Hall–Kier alpha value is -2.68. The largest absolute Gasteiger partial charge is 0.381 e. The second-order valence-electron chi connectivity index (χ2n) is 8.99. The van der Waals surface area contributed by atoms with Crippen molar-refractivity contribution in [2.45, 2.75) is 72.0 Å². The van der Waals surface area contributed by atoms with E-state index in [9.17, 15) is 9.59 Å². The fraction of sp³-hybridized carbons (Fsp3) is 0.667. The molecule has 2 N–H and O–H groups in total. The molecule has 2 aromatic rings. The van der Waals surface area contributed by atoms with Crippen LogP contribution in [-0.2, 0) is 33.8 Å². The molecule has 2 saturated heterocycles. The minimum Gasteiger partial charge on any atom is -0.381 e. The van der Waals surface area contributed by atoms with Gasteiger partial charge >= 0.3 is 0 Å². The van der Waals surface area contributed by atoms with Crippen molar-refractivity contribution in [1.82, 2.24) is 25.0 Å². The molecule has 180 valence electrons. The Morgan fingerprint density at radius 1 is 1.15 bits per heavy atom. The molecule has 0 spiro atoms. The molecule has 9 heteroatoms. The van der Waals surface area contributed by atoms with Gasteiger partial charge in [0.05, 0.1) is 17.3 Å². The van der Waals surface area contributed by atoms with Crippen LogP contribution in [0.1, 0.15) is 57.7 Å². The first kappa shape index (κ1) is 23.5. The van der Waals surface area contributed by atoms with Crippen LogP contribution in [0.25, 0.3) is 11.0 Å². The monoisotopic (exact) mass is 456 g/mol. The second-order valence-corrected chi connectivity index (χ2v) is 8.99. The Morgan fingerprint density at radius 2 is 1.88 bits per heavy atom. The van der Waals surface area contributed by atoms with Gasteiger partial charge in [0, 0.05) is 69.5 Å². The number of rotatable bonds is 7. The number of ether oxygens (including phenoxy) is 1. The van der Waals surface area contributed by atoms with Gasteiger partial charge in [-0.05, 0) is 39.0 Å². The van der Waals surface area contributed by atoms with Gasteiger partial charge in [-0.25, -0.2) is 9.67 Å². The summed E-state index contributed by atoms with van der Waals surface area (Å²) in [5, 5.41) is 12.5. The zero-order valence-electron chi connectivity index (χ0n) is 20.0. The number of carbonyl (C=O) groups excluding carboxylic acids is 2. The smallest absolute Gasteiger partial charge is 0.223 e. The minimum atomic E-state index is -0.0582. The molecule has 9 nitrogen and oxygen atoms in total. The van der Waals surface area contributed by atoms with Gasteiger partial charge in [0.1, 0.15) is 0 Å². The van der Waals surface area contributed by atoms with E-state index < -0.39 is 0 Å². The zero-order valence-corrected chi connectivity index (χ0v) is 20.0. The molecular weight excluding hydrogens is 420 g/mol. The molecule has 0 unspecified atom stereocenters. The van der Waals surface area contributed by atoms with E-state index in [1.54, 1.807) is 6.92 Å². The molecule has 2 aliphatic heterocycles. The van der Waals surface area contributed by atoms with Crippen LogP contribution in [0, 0.1) is 5.92 Å². The second kappa shape index (κ2) is 10.5. The molecule has 0 aromatic carbocycles. The minimum absolute atomic E-state index is 0.0571. The average Bonchev–Trinajstić information content (AvgIpc) is 3.26. The number of aryl methyl sites for hydroxylation is 2. The number of carbonyl (C=O) groups is 2. The van der Waals surface area contributed by atoms with E-state index in [-0.39, 0.29) is 17.7 Å². The summed E-state index contributed by atoms with van der Waals surface area (Å²) in [6, 6.07) is 0.324. The summed E-state index contributed by atoms with van der Waals surface area (Å²) >= 11 is 0. The predicted octanol–water partition coefficient (Wildman–Crippen LogP) is 2.48. The summed E-state index contributed by atoms with van der Waals surface area (Å²) in [6.45, 7) is 9.74. The van der Waals surface area contributed by atoms with E-state index in [0.29, 0.717) is 38.5 Å². The number of fused-ring (bicyclic) bond motifs is 1. The average molecular weight is 457 g/mol. The Kier molecular flexibility index (Phi) is 7.47. The van der Waals surface area contributed by atoms with Crippen molar-refractivity contribution in [2.75, 3.05) is 31.6 Å². The normalized spacial score (nSPS) is 18.0. The van der Waals surface area contributed by atoms with Crippen LogP contribution in [0.5, 0.6) is 0 Å². The lowest BCUT2D eigenvalue weighted by atomic mass is 9.95. The van der Waals surface area contributed by atoms with Gasteiger partial charge in [-0.15, -0.1) is 0 Å². The molecular formula is C24H36N6O3. The van der Waals surface area contributed by atoms with Crippen molar-refractivity contribution in [3.63, 3.8) is 0 Å². The highest BCUT2D eigenvalue weighted by Gasteiger charge is 2.27. The first-order valence-electron chi connectivity index (χ1n) is 12.3. The van der Waals surface area contributed by atoms with Crippen molar-refractivity contribution < 1.29 is 14.3 Å².